The molecular formula is C26H44O2Si4. The number of fused-ring (bicyclic) bond motifs is 2. The molecule has 0 aromatic heterocycles. The van der Waals surface area contributed by atoms with Crippen LogP contribution in [0.1, 0.15) is 11.1 Å². The lowest BCUT2D eigenvalue weighted by molar-refractivity contribution is 0.471. The van der Waals surface area contributed by atoms with Gasteiger partial charge in [-0.15, -0.1) is 0 Å². The zero-order chi connectivity index (χ0) is 24.3. The second-order valence-electron chi connectivity index (χ2n) is 12.9. The largest absolute Gasteiger partial charge is 0.508 e. The van der Waals surface area contributed by atoms with Gasteiger partial charge in [-0.25, -0.2) is 0 Å². The van der Waals surface area contributed by atoms with Crippen LogP contribution >= 0.6 is 0 Å². The van der Waals surface area contributed by atoms with Crippen molar-refractivity contribution in [3.8, 4) is 11.5 Å². The van der Waals surface area contributed by atoms with E-state index >= 15 is 0 Å². The Morgan fingerprint density at radius 3 is 0.938 bits per heavy atom. The van der Waals surface area contributed by atoms with Crippen LogP contribution in [0.15, 0.2) is 24.3 Å². The highest BCUT2D eigenvalue weighted by Crippen LogP contribution is 2.29. The molecular weight excluding hydrogens is 457 g/mol. The van der Waals surface area contributed by atoms with Crippen LogP contribution in [-0.2, 0) is 0 Å². The fraction of sp³-hybridized carbons (Fsp3) is 0.538. The third-order valence-corrected chi connectivity index (χ3v) is 23.3. The topological polar surface area (TPSA) is 40.5 Å². The van der Waals surface area contributed by atoms with E-state index in [9.17, 15) is 10.2 Å². The minimum Gasteiger partial charge on any atom is -0.508 e. The van der Waals surface area contributed by atoms with Gasteiger partial charge in [0.15, 0.2) is 0 Å². The minimum absolute atomic E-state index is 0.492. The summed E-state index contributed by atoms with van der Waals surface area (Å²) in [6.45, 7) is 23.6. The lowest BCUT2D eigenvalue weighted by Gasteiger charge is -2.39. The maximum Gasteiger partial charge on any atom is 0.118 e. The van der Waals surface area contributed by atoms with E-state index in [1.807, 2.05) is 13.8 Å². The number of phenolic OH excluding ortho intramolecular Hbond substituents is 2. The predicted octanol–water partition coefficient (Wildman–Crippen LogP) is 5.09. The van der Waals surface area contributed by atoms with E-state index in [-0.39, 0.29) is 0 Å². The van der Waals surface area contributed by atoms with Gasteiger partial charge in [-0.05, 0) is 37.1 Å². The van der Waals surface area contributed by atoms with Crippen molar-refractivity contribution in [2.24, 2.45) is 0 Å². The van der Waals surface area contributed by atoms with E-state index in [1.54, 1.807) is 10.4 Å². The summed E-state index contributed by atoms with van der Waals surface area (Å²) in [5, 5.41) is 26.1. The highest BCUT2D eigenvalue weighted by Gasteiger charge is 2.40. The summed E-state index contributed by atoms with van der Waals surface area (Å²) >= 11 is 0. The van der Waals surface area contributed by atoms with E-state index in [2.05, 4.69) is 76.6 Å². The third kappa shape index (κ3) is 4.74. The summed E-state index contributed by atoms with van der Waals surface area (Å²) in [7, 11) is -5.02. The van der Waals surface area contributed by atoms with Gasteiger partial charge >= 0.3 is 0 Å². The molecule has 2 nitrogen and oxygen atoms in total. The summed E-state index contributed by atoms with van der Waals surface area (Å²) in [6, 6.07) is 14.3. The van der Waals surface area contributed by atoms with Gasteiger partial charge in [-0.3, -0.25) is 0 Å². The molecule has 0 spiro atoms. The highest BCUT2D eigenvalue weighted by atomic mass is 28.3. The minimum atomic E-state index is -1.28. The summed E-state index contributed by atoms with van der Waals surface area (Å²) in [5.41, 5.74) is 2.09. The summed E-state index contributed by atoms with van der Waals surface area (Å²) in [4.78, 5) is 0. The lowest BCUT2D eigenvalue weighted by Crippen LogP contribution is -2.63. The highest BCUT2D eigenvalue weighted by molar-refractivity contribution is 7.04. The van der Waals surface area contributed by atoms with Gasteiger partial charge in [0.05, 0.1) is 32.3 Å². The Hall–Kier alpha value is -1.09. The molecule has 2 N–H and O–H groups in total. The molecule has 0 saturated heterocycles. The Balaban J connectivity index is 0.000000181. The van der Waals surface area contributed by atoms with Gasteiger partial charge in [0, 0.05) is 0 Å². The molecule has 0 radical (unpaired) electrons. The van der Waals surface area contributed by atoms with Gasteiger partial charge in [0.25, 0.3) is 0 Å². The quantitative estimate of drug-likeness (QED) is 0.495. The van der Waals surface area contributed by atoms with Crippen LogP contribution in [0, 0.1) is 13.8 Å². The molecule has 2 aliphatic heterocycles. The molecule has 2 heterocycles. The van der Waals surface area contributed by atoms with Crippen molar-refractivity contribution >= 4 is 53.0 Å². The molecule has 2 aromatic carbocycles. The van der Waals surface area contributed by atoms with E-state index in [0.717, 1.165) is 11.1 Å². The maximum atomic E-state index is 9.92. The first-order valence-corrected chi connectivity index (χ1v) is 25.0. The van der Waals surface area contributed by atoms with Gasteiger partial charge in [0.2, 0.25) is 0 Å². The molecule has 0 atom stereocenters. The molecule has 0 fully saturated rings. The monoisotopic (exact) mass is 500 g/mol. The van der Waals surface area contributed by atoms with Crippen LogP contribution in [0.4, 0.5) is 0 Å². The predicted molar refractivity (Wildman–Crippen MR) is 153 cm³/mol. The van der Waals surface area contributed by atoms with E-state index < -0.39 is 32.3 Å². The van der Waals surface area contributed by atoms with Crippen LogP contribution in [0.25, 0.3) is 0 Å². The van der Waals surface area contributed by atoms with Crippen LogP contribution in [-0.4, -0.2) is 42.5 Å². The Morgan fingerprint density at radius 1 is 0.469 bits per heavy atom. The number of benzene rings is 2. The number of rotatable bonds is 0. The Labute approximate surface area is 200 Å². The van der Waals surface area contributed by atoms with Crippen molar-refractivity contribution in [3.63, 3.8) is 0 Å². The molecule has 4 rings (SSSR count). The van der Waals surface area contributed by atoms with Gasteiger partial charge in [-0.1, -0.05) is 109 Å². The second kappa shape index (κ2) is 8.29. The maximum absolute atomic E-state index is 9.92. The summed E-state index contributed by atoms with van der Waals surface area (Å²) < 4.78 is 0. The third-order valence-electron chi connectivity index (χ3n) is 8.34. The van der Waals surface area contributed by atoms with Crippen molar-refractivity contribution in [1.82, 2.24) is 0 Å². The molecule has 2 aliphatic rings. The number of hydrogen-bond donors (Lipinski definition) is 2. The lowest BCUT2D eigenvalue weighted by atomic mass is 10.2. The van der Waals surface area contributed by atoms with Crippen LogP contribution in [0.3, 0.4) is 0 Å². The van der Waals surface area contributed by atoms with Gasteiger partial charge < -0.3 is 10.2 Å². The fourth-order valence-corrected chi connectivity index (χ4v) is 26.0. The molecule has 176 valence electrons. The zero-order valence-corrected chi connectivity index (χ0v) is 26.0. The first-order chi connectivity index (χ1) is 14.5. The number of aryl methyl sites for hydroxylation is 2. The fourth-order valence-electron chi connectivity index (χ4n) is 5.42. The number of hydrogen-bond acceptors (Lipinski definition) is 2. The summed E-state index contributed by atoms with van der Waals surface area (Å²) in [5.74, 6) is 0.983. The first-order valence-electron chi connectivity index (χ1n) is 12.2. The number of aromatic hydroxyl groups is 2. The summed E-state index contributed by atoms with van der Waals surface area (Å²) in [6.07, 6.45) is 0. The Morgan fingerprint density at radius 2 is 0.688 bits per heavy atom. The average molecular weight is 501 g/mol. The van der Waals surface area contributed by atoms with Crippen molar-refractivity contribution in [2.45, 2.75) is 90.4 Å². The normalized spacial score (nSPS) is 21.6. The van der Waals surface area contributed by atoms with Crippen molar-refractivity contribution in [1.29, 1.82) is 0 Å². The molecule has 6 heteroatoms. The Kier molecular flexibility index (Phi) is 6.61. The van der Waals surface area contributed by atoms with Crippen LogP contribution in [0.5, 0.6) is 11.5 Å². The average Bonchev–Trinajstić information content (AvgIpc) is 2.67. The molecule has 0 bridgehead atoms. The standard InChI is InChI=1S/2C13H22OSi2/c2*1-10-8-12-13(9-11(10)14)16(4,5)7-6-15(12,2)3/h2*8-9,14H,6-7H2,1-5H3. The molecule has 2 aromatic rings. The van der Waals surface area contributed by atoms with E-state index in [1.165, 1.54) is 34.5 Å². The second-order valence-corrected chi connectivity index (χ2v) is 32.1. The van der Waals surface area contributed by atoms with Crippen molar-refractivity contribution in [2.75, 3.05) is 0 Å². The molecule has 0 amide bonds. The van der Waals surface area contributed by atoms with Crippen molar-refractivity contribution in [3.05, 3.63) is 35.4 Å². The van der Waals surface area contributed by atoms with Gasteiger partial charge in [0.1, 0.15) is 11.5 Å². The molecule has 32 heavy (non-hydrogen) atoms. The number of phenols is 2. The van der Waals surface area contributed by atoms with Crippen LogP contribution in [0.2, 0.25) is 76.6 Å². The zero-order valence-electron chi connectivity index (χ0n) is 22.0. The Bertz CT molecular complexity index is 873. The smallest absolute Gasteiger partial charge is 0.118 e. The molecule has 0 unspecified atom stereocenters. The van der Waals surface area contributed by atoms with Gasteiger partial charge in [-0.2, -0.15) is 0 Å². The molecule has 0 aliphatic carbocycles. The van der Waals surface area contributed by atoms with E-state index in [0.29, 0.717) is 11.5 Å². The van der Waals surface area contributed by atoms with E-state index in [4.69, 9.17) is 0 Å². The molecule has 0 saturated carbocycles. The van der Waals surface area contributed by atoms with Crippen molar-refractivity contribution < 1.29 is 10.2 Å². The first kappa shape index (κ1) is 25.5. The van der Waals surface area contributed by atoms with Crippen LogP contribution < -0.4 is 20.7 Å². The SMILES string of the molecule is Cc1cc2c(cc1O)[Si](C)(C)CC[Si]2(C)C.Cc1cc2c(cc1O)[Si](C)(C)CC[Si]2(C)C.